The van der Waals surface area contributed by atoms with Gasteiger partial charge in [0.05, 0.1) is 11.5 Å². The third-order valence-corrected chi connectivity index (χ3v) is 6.45. The first kappa shape index (κ1) is 23.7. The van der Waals surface area contributed by atoms with Gasteiger partial charge < -0.3 is 19.2 Å². The predicted molar refractivity (Wildman–Crippen MR) is 130 cm³/mol. The number of fused-ring (bicyclic) bond motifs is 1. The Balaban J connectivity index is 1.36. The first-order valence-corrected chi connectivity index (χ1v) is 12.1. The lowest BCUT2D eigenvalue weighted by Crippen LogP contribution is -2.25. The second kappa shape index (κ2) is 9.84. The minimum atomic E-state index is -3.96. The molecule has 0 fully saturated rings. The van der Waals surface area contributed by atoms with Crippen molar-refractivity contribution < 1.29 is 26.9 Å². The minimum absolute atomic E-state index is 0.0369. The van der Waals surface area contributed by atoms with Crippen molar-refractivity contribution in [2.45, 2.75) is 17.9 Å². The summed E-state index contributed by atoms with van der Waals surface area (Å²) >= 11 is 0. The van der Waals surface area contributed by atoms with Crippen LogP contribution in [0.3, 0.4) is 0 Å². The fraction of sp³-hybridized carbons (Fsp3) is 0.240. The molecule has 3 aromatic carbocycles. The van der Waals surface area contributed by atoms with Gasteiger partial charge in [-0.3, -0.25) is 4.18 Å². The summed E-state index contributed by atoms with van der Waals surface area (Å²) in [4.78, 5) is 6.57. The molecule has 1 atom stereocenters. The molecule has 178 valence electrons. The molecule has 0 aliphatic carbocycles. The Morgan fingerprint density at radius 2 is 1.71 bits per heavy atom. The van der Waals surface area contributed by atoms with Crippen LogP contribution in [0.4, 0.5) is 5.69 Å². The summed E-state index contributed by atoms with van der Waals surface area (Å²) in [5.74, 6) is 0.961. The molecule has 0 saturated carbocycles. The van der Waals surface area contributed by atoms with Gasteiger partial charge in [0.25, 0.3) is 10.1 Å². The number of aliphatic hydroxyl groups is 1. The van der Waals surface area contributed by atoms with Gasteiger partial charge in [0.2, 0.25) is 5.89 Å². The number of oxazole rings is 1. The molecule has 4 aromatic rings. The van der Waals surface area contributed by atoms with Crippen LogP contribution in [0.5, 0.6) is 5.75 Å². The Hall–Kier alpha value is -3.40. The first-order chi connectivity index (χ1) is 16.2. The Bertz CT molecular complexity index is 1360. The van der Waals surface area contributed by atoms with Crippen LogP contribution in [0.1, 0.15) is 5.56 Å². The number of anilines is 1. The van der Waals surface area contributed by atoms with Gasteiger partial charge in [0.1, 0.15) is 24.0 Å². The van der Waals surface area contributed by atoms with E-state index in [-0.39, 0.29) is 11.5 Å². The van der Waals surface area contributed by atoms with Crippen LogP contribution in [-0.4, -0.2) is 51.9 Å². The molecule has 0 aliphatic heterocycles. The Morgan fingerprint density at radius 3 is 2.38 bits per heavy atom. The van der Waals surface area contributed by atoms with Crippen LogP contribution in [0.15, 0.2) is 76.0 Å². The topological polar surface area (TPSA) is 102 Å². The molecule has 1 aromatic heterocycles. The number of hydrogen-bond acceptors (Lipinski definition) is 8. The van der Waals surface area contributed by atoms with Crippen molar-refractivity contribution in [2.75, 3.05) is 32.2 Å². The van der Waals surface area contributed by atoms with Crippen LogP contribution in [-0.2, 0) is 14.3 Å². The van der Waals surface area contributed by atoms with Crippen LogP contribution >= 0.6 is 0 Å². The number of ether oxygens (including phenoxy) is 1. The summed E-state index contributed by atoms with van der Waals surface area (Å²) in [6, 6.07) is 19.3. The number of benzene rings is 3. The fourth-order valence-corrected chi connectivity index (χ4v) is 4.15. The quantitative estimate of drug-likeness (QED) is 0.357. The second-order valence-electron chi connectivity index (χ2n) is 8.11. The van der Waals surface area contributed by atoms with Crippen molar-refractivity contribution in [3.63, 3.8) is 0 Å². The highest BCUT2D eigenvalue weighted by molar-refractivity contribution is 7.86. The van der Waals surface area contributed by atoms with Gasteiger partial charge in [-0.25, -0.2) is 4.98 Å². The molecule has 8 nitrogen and oxygen atoms in total. The molecule has 0 unspecified atom stereocenters. The van der Waals surface area contributed by atoms with Crippen molar-refractivity contribution in [3.8, 4) is 17.2 Å². The number of hydrogen-bond donors (Lipinski definition) is 1. The average molecular weight is 483 g/mol. The number of nitrogens with zero attached hydrogens (tertiary/aromatic N) is 2. The Labute approximate surface area is 198 Å². The minimum Gasteiger partial charge on any atom is -0.491 e. The van der Waals surface area contributed by atoms with E-state index in [0.29, 0.717) is 22.7 Å². The zero-order valence-corrected chi connectivity index (χ0v) is 20.0. The molecule has 34 heavy (non-hydrogen) atoms. The molecule has 1 heterocycles. The van der Waals surface area contributed by atoms with E-state index >= 15 is 0 Å². The summed E-state index contributed by atoms with van der Waals surface area (Å²) < 4.78 is 40.9. The van der Waals surface area contributed by atoms with E-state index in [1.54, 1.807) is 30.3 Å². The Kier molecular flexibility index (Phi) is 6.87. The van der Waals surface area contributed by atoms with Crippen molar-refractivity contribution in [1.82, 2.24) is 4.98 Å². The lowest BCUT2D eigenvalue weighted by molar-refractivity contribution is 0.0649. The maximum atomic E-state index is 12.2. The van der Waals surface area contributed by atoms with Crippen molar-refractivity contribution in [2.24, 2.45) is 0 Å². The van der Waals surface area contributed by atoms with E-state index in [0.717, 1.165) is 16.8 Å². The summed E-state index contributed by atoms with van der Waals surface area (Å²) in [6.45, 7) is 1.29. The van der Waals surface area contributed by atoms with Gasteiger partial charge in [-0.15, -0.1) is 0 Å². The molecule has 0 amide bonds. The largest absolute Gasteiger partial charge is 0.491 e. The third kappa shape index (κ3) is 5.56. The lowest BCUT2D eigenvalue weighted by atomic mass is 10.2. The maximum absolute atomic E-state index is 12.2. The highest BCUT2D eigenvalue weighted by atomic mass is 32.2. The monoisotopic (exact) mass is 482 g/mol. The molecule has 0 aliphatic rings. The molecule has 0 bridgehead atoms. The molecule has 1 N–H and O–H groups in total. The normalized spacial score (nSPS) is 12.6. The van der Waals surface area contributed by atoms with E-state index in [1.807, 2.05) is 50.2 Å². The number of aliphatic hydroxyl groups excluding tert-OH is 1. The van der Waals surface area contributed by atoms with E-state index in [4.69, 9.17) is 13.3 Å². The summed E-state index contributed by atoms with van der Waals surface area (Å²) in [5, 5.41) is 10.1. The van der Waals surface area contributed by atoms with Gasteiger partial charge in [-0.2, -0.15) is 8.42 Å². The summed E-state index contributed by atoms with van der Waals surface area (Å²) in [6.07, 6.45) is -1.14. The summed E-state index contributed by atoms with van der Waals surface area (Å²) in [7, 11) is -0.00725. The third-order valence-electron chi connectivity index (χ3n) is 5.16. The maximum Gasteiger partial charge on any atom is 0.297 e. The van der Waals surface area contributed by atoms with Crippen molar-refractivity contribution in [1.29, 1.82) is 0 Å². The zero-order chi connectivity index (χ0) is 24.3. The molecule has 0 radical (unpaired) electrons. The zero-order valence-electron chi connectivity index (χ0n) is 19.1. The second-order valence-corrected chi connectivity index (χ2v) is 9.72. The van der Waals surface area contributed by atoms with Crippen LogP contribution in [0.2, 0.25) is 0 Å². The number of aromatic nitrogens is 1. The molecular weight excluding hydrogens is 456 g/mol. The van der Waals surface area contributed by atoms with E-state index in [1.165, 1.54) is 12.1 Å². The van der Waals surface area contributed by atoms with Gasteiger partial charge in [0, 0.05) is 31.4 Å². The first-order valence-electron chi connectivity index (χ1n) is 10.7. The van der Waals surface area contributed by atoms with E-state index in [9.17, 15) is 13.5 Å². The van der Waals surface area contributed by atoms with Crippen LogP contribution in [0.25, 0.3) is 22.6 Å². The van der Waals surface area contributed by atoms with E-state index in [2.05, 4.69) is 4.98 Å². The number of rotatable bonds is 9. The smallest absolute Gasteiger partial charge is 0.297 e. The Morgan fingerprint density at radius 1 is 1.00 bits per heavy atom. The fourth-order valence-electron chi connectivity index (χ4n) is 3.20. The molecule has 9 heteroatoms. The molecule has 0 saturated heterocycles. The van der Waals surface area contributed by atoms with E-state index < -0.39 is 22.8 Å². The molecule has 4 rings (SSSR count). The standard InChI is InChI=1S/C25H26N2O6S/c1-17-4-11-22(12-5-17)34(29,30)32-16-20(28)15-31-21-10-13-24-23(14-21)26-25(33-24)18-6-8-19(9-7-18)27(2)3/h4-14,20,28H,15-16H2,1-3H3/t20-/m0/s1. The SMILES string of the molecule is Cc1ccc(S(=O)(=O)OC[C@@H](O)COc2ccc3oc(-c4ccc(N(C)C)cc4)nc3c2)cc1. The number of aryl methyl sites for hydroxylation is 1. The van der Waals surface area contributed by atoms with Crippen molar-refractivity contribution in [3.05, 3.63) is 72.3 Å². The van der Waals surface area contributed by atoms with Gasteiger partial charge in [0.15, 0.2) is 5.58 Å². The van der Waals surface area contributed by atoms with Crippen LogP contribution < -0.4 is 9.64 Å². The average Bonchev–Trinajstić information content (AvgIpc) is 3.25. The van der Waals surface area contributed by atoms with Crippen LogP contribution in [0, 0.1) is 6.92 Å². The molecule has 0 spiro atoms. The van der Waals surface area contributed by atoms with Crippen molar-refractivity contribution >= 4 is 26.9 Å². The lowest BCUT2D eigenvalue weighted by Gasteiger charge is -2.13. The van der Waals surface area contributed by atoms with Gasteiger partial charge in [-0.1, -0.05) is 17.7 Å². The highest BCUT2D eigenvalue weighted by Crippen LogP contribution is 2.28. The highest BCUT2D eigenvalue weighted by Gasteiger charge is 2.18. The summed E-state index contributed by atoms with van der Waals surface area (Å²) in [5.41, 5.74) is 4.08. The van der Waals surface area contributed by atoms with Gasteiger partial charge >= 0.3 is 0 Å². The molecular formula is C25H26N2O6S. The van der Waals surface area contributed by atoms with Gasteiger partial charge in [-0.05, 0) is 55.5 Å². The predicted octanol–water partition coefficient (Wildman–Crippen LogP) is 4.01.